The molecule has 6 nitrogen and oxygen atoms in total. The molecule has 0 radical (unpaired) electrons. The van der Waals surface area contributed by atoms with Crippen molar-refractivity contribution >= 4 is 23.8 Å². The summed E-state index contributed by atoms with van der Waals surface area (Å²) in [6.07, 6.45) is -2.11. The van der Waals surface area contributed by atoms with Gasteiger partial charge in [0.05, 0.1) is 14.2 Å². The minimum absolute atomic E-state index is 0.550. The van der Waals surface area contributed by atoms with Crippen molar-refractivity contribution in [2.75, 3.05) is 14.2 Å². The van der Waals surface area contributed by atoms with Crippen LogP contribution in [0, 0.1) is 0 Å². The number of methoxy groups -OCH3 is 2. The van der Waals surface area contributed by atoms with Gasteiger partial charge in [-0.25, -0.2) is 9.59 Å². The van der Waals surface area contributed by atoms with Crippen LogP contribution >= 0.6 is 11.6 Å². The number of carbonyl (C=O) groups is 2. The van der Waals surface area contributed by atoms with Gasteiger partial charge in [-0.3, -0.25) is 10.6 Å². The maximum atomic E-state index is 11.2. The van der Waals surface area contributed by atoms with Crippen LogP contribution in [0.4, 0.5) is 9.59 Å². The molecule has 1 aromatic carbocycles. The molecule has 2 amide bonds. The maximum Gasteiger partial charge on any atom is 0.408 e. The van der Waals surface area contributed by atoms with E-state index in [1.54, 1.807) is 24.3 Å². The Balaban J connectivity index is 2.85. The molecule has 0 bridgehead atoms. The van der Waals surface area contributed by atoms with Crippen molar-refractivity contribution in [3.63, 3.8) is 0 Å². The third kappa shape index (κ3) is 4.14. The normalized spacial score (nSPS) is 9.78. The summed E-state index contributed by atoms with van der Waals surface area (Å²) in [5, 5.41) is 5.45. The van der Waals surface area contributed by atoms with Crippen molar-refractivity contribution in [1.29, 1.82) is 0 Å². The maximum absolute atomic E-state index is 11.2. The van der Waals surface area contributed by atoms with Gasteiger partial charge < -0.3 is 9.47 Å². The van der Waals surface area contributed by atoms with Crippen molar-refractivity contribution in [2.45, 2.75) is 6.17 Å². The summed E-state index contributed by atoms with van der Waals surface area (Å²) in [5.41, 5.74) is 0.634. The van der Waals surface area contributed by atoms with E-state index in [1.807, 2.05) is 0 Å². The molecular formula is C11H13ClN2O4. The number of ether oxygens (including phenoxy) is 2. The second-order valence-corrected chi connectivity index (χ2v) is 3.69. The fraction of sp³-hybridized carbons (Fsp3) is 0.273. The minimum atomic E-state index is -0.762. The van der Waals surface area contributed by atoms with Crippen LogP contribution in [-0.2, 0) is 9.47 Å². The largest absolute Gasteiger partial charge is 0.453 e. The van der Waals surface area contributed by atoms with Crippen molar-refractivity contribution in [3.05, 3.63) is 34.9 Å². The first-order valence-corrected chi connectivity index (χ1v) is 5.39. The average Bonchev–Trinajstić information content (AvgIpc) is 2.38. The molecule has 0 aliphatic rings. The first-order chi connectivity index (χ1) is 8.56. The van der Waals surface area contributed by atoms with Crippen LogP contribution in [0.15, 0.2) is 24.3 Å². The Labute approximate surface area is 109 Å². The molecule has 2 N–H and O–H groups in total. The monoisotopic (exact) mass is 272 g/mol. The number of hydrogen-bond acceptors (Lipinski definition) is 4. The Morgan fingerprint density at radius 3 is 1.89 bits per heavy atom. The van der Waals surface area contributed by atoms with E-state index in [4.69, 9.17) is 11.6 Å². The number of hydrogen-bond donors (Lipinski definition) is 2. The Bertz CT molecular complexity index is 404. The van der Waals surface area contributed by atoms with Gasteiger partial charge in [0, 0.05) is 5.02 Å². The Kier molecular flexibility index (Phi) is 5.26. The van der Waals surface area contributed by atoms with Crippen LogP contribution in [0.5, 0.6) is 0 Å². The lowest BCUT2D eigenvalue weighted by Gasteiger charge is -2.19. The zero-order valence-corrected chi connectivity index (χ0v) is 10.7. The molecule has 0 aliphatic heterocycles. The number of nitrogens with one attached hydrogen (secondary N) is 2. The lowest BCUT2D eigenvalue weighted by atomic mass is 10.2. The molecule has 18 heavy (non-hydrogen) atoms. The molecule has 98 valence electrons. The molecule has 0 atom stereocenters. The quantitative estimate of drug-likeness (QED) is 0.826. The van der Waals surface area contributed by atoms with Crippen LogP contribution in [0.1, 0.15) is 11.7 Å². The summed E-state index contributed by atoms with van der Waals surface area (Å²) < 4.78 is 8.95. The zero-order chi connectivity index (χ0) is 13.5. The van der Waals surface area contributed by atoms with Crippen LogP contribution in [-0.4, -0.2) is 26.4 Å². The Morgan fingerprint density at radius 2 is 1.50 bits per heavy atom. The highest BCUT2D eigenvalue weighted by Gasteiger charge is 2.17. The summed E-state index contributed by atoms with van der Waals surface area (Å²) in [6, 6.07) is 6.61. The third-order valence-electron chi connectivity index (χ3n) is 2.10. The second kappa shape index (κ2) is 6.70. The standard InChI is InChI=1S/C11H13ClN2O4/c1-17-10(15)13-9(14-11(16)18-2)7-3-5-8(12)6-4-7/h3-6,9H,1-2H3,(H,13,15)(H,14,16). The topological polar surface area (TPSA) is 76.7 Å². The predicted molar refractivity (Wildman–Crippen MR) is 65.3 cm³/mol. The Hall–Kier alpha value is -1.95. The second-order valence-electron chi connectivity index (χ2n) is 3.26. The highest BCUT2D eigenvalue weighted by atomic mass is 35.5. The molecule has 0 saturated carbocycles. The number of rotatable bonds is 3. The van der Waals surface area contributed by atoms with E-state index in [0.717, 1.165) is 0 Å². The van der Waals surface area contributed by atoms with Gasteiger partial charge in [-0.15, -0.1) is 0 Å². The summed E-state index contributed by atoms with van der Waals surface area (Å²) in [6.45, 7) is 0. The van der Waals surface area contributed by atoms with Gasteiger partial charge >= 0.3 is 12.2 Å². The Morgan fingerprint density at radius 1 is 1.06 bits per heavy atom. The summed E-state index contributed by atoms with van der Waals surface area (Å²) in [4.78, 5) is 22.4. The molecule has 0 fully saturated rings. The zero-order valence-electron chi connectivity index (χ0n) is 9.90. The first-order valence-electron chi connectivity index (χ1n) is 5.01. The molecule has 0 unspecified atom stereocenters. The van der Waals surface area contributed by atoms with Crippen molar-refractivity contribution in [2.24, 2.45) is 0 Å². The van der Waals surface area contributed by atoms with Gasteiger partial charge in [0.1, 0.15) is 6.17 Å². The highest BCUT2D eigenvalue weighted by molar-refractivity contribution is 6.30. The number of amides is 2. The number of benzene rings is 1. The molecule has 0 aromatic heterocycles. The molecule has 0 spiro atoms. The summed E-state index contributed by atoms with van der Waals surface area (Å²) in [7, 11) is 2.46. The molecular weight excluding hydrogens is 260 g/mol. The summed E-state index contributed by atoms with van der Waals surface area (Å²) in [5.74, 6) is 0. The fourth-order valence-corrected chi connectivity index (χ4v) is 1.34. The van der Waals surface area contributed by atoms with E-state index in [9.17, 15) is 9.59 Å². The van der Waals surface area contributed by atoms with Gasteiger partial charge in [0.2, 0.25) is 0 Å². The number of halogens is 1. The van der Waals surface area contributed by atoms with Crippen LogP contribution in [0.2, 0.25) is 5.02 Å². The van der Waals surface area contributed by atoms with Crippen molar-refractivity contribution in [1.82, 2.24) is 10.6 Å². The van der Waals surface area contributed by atoms with E-state index in [1.165, 1.54) is 14.2 Å². The average molecular weight is 273 g/mol. The number of carbonyl (C=O) groups excluding carboxylic acids is 2. The smallest absolute Gasteiger partial charge is 0.408 e. The molecule has 1 aromatic rings. The first kappa shape index (κ1) is 14.1. The van der Waals surface area contributed by atoms with Crippen LogP contribution in [0.3, 0.4) is 0 Å². The molecule has 1 rings (SSSR count). The number of alkyl carbamates (subject to hydrolysis) is 2. The molecule has 7 heteroatoms. The van der Waals surface area contributed by atoms with Crippen LogP contribution in [0.25, 0.3) is 0 Å². The highest BCUT2D eigenvalue weighted by Crippen LogP contribution is 2.15. The summed E-state index contributed by atoms with van der Waals surface area (Å²) >= 11 is 5.76. The lowest BCUT2D eigenvalue weighted by molar-refractivity contribution is 0.153. The third-order valence-corrected chi connectivity index (χ3v) is 2.35. The van der Waals surface area contributed by atoms with Crippen molar-refractivity contribution < 1.29 is 19.1 Å². The van der Waals surface area contributed by atoms with Gasteiger partial charge in [0.15, 0.2) is 0 Å². The van der Waals surface area contributed by atoms with E-state index in [2.05, 4.69) is 20.1 Å². The molecule has 0 heterocycles. The SMILES string of the molecule is COC(=O)NC(NC(=O)OC)c1ccc(Cl)cc1. The van der Waals surface area contributed by atoms with Gasteiger partial charge in [-0.2, -0.15) is 0 Å². The van der Waals surface area contributed by atoms with Gasteiger partial charge in [-0.1, -0.05) is 23.7 Å². The van der Waals surface area contributed by atoms with E-state index >= 15 is 0 Å². The van der Waals surface area contributed by atoms with Crippen LogP contribution < -0.4 is 10.6 Å². The predicted octanol–water partition coefficient (Wildman–Crippen LogP) is 2.05. The van der Waals surface area contributed by atoms with Crippen molar-refractivity contribution in [3.8, 4) is 0 Å². The van der Waals surface area contributed by atoms with E-state index in [-0.39, 0.29) is 0 Å². The van der Waals surface area contributed by atoms with E-state index < -0.39 is 18.4 Å². The van der Waals surface area contributed by atoms with Gasteiger partial charge in [-0.05, 0) is 17.7 Å². The molecule has 0 aliphatic carbocycles. The fourth-order valence-electron chi connectivity index (χ4n) is 1.21. The lowest BCUT2D eigenvalue weighted by Crippen LogP contribution is -2.41. The molecule has 0 saturated heterocycles. The minimum Gasteiger partial charge on any atom is -0.453 e. The van der Waals surface area contributed by atoms with E-state index in [0.29, 0.717) is 10.6 Å². The van der Waals surface area contributed by atoms with Gasteiger partial charge in [0.25, 0.3) is 0 Å².